The van der Waals surface area contributed by atoms with E-state index in [0.29, 0.717) is 27.8 Å². The summed E-state index contributed by atoms with van der Waals surface area (Å²) in [5.41, 5.74) is 2.46. The number of esters is 1. The molecule has 2 aromatic rings. The van der Waals surface area contributed by atoms with Gasteiger partial charge in [0.05, 0.1) is 10.8 Å². The summed E-state index contributed by atoms with van der Waals surface area (Å²) in [6.45, 7) is 1.80. The van der Waals surface area contributed by atoms with Crippen LogP contribution >= 0.6 is 23.5 Å². The molecule has 0 unspecified atom stereocenters. The zero-order valence-corrected chi connectivity index (χ0v) is 17.9. The topological polar surface area (TPSA) is 97.7 Å². The van der Waals surface area contributed by atoms with E-state index in [9.17, 15) is 20.6 Å². The first-order chi connectivity index (χ1) is 15.1. The van der Waals surface area contributed by atoms with E-state index in [-0.39, 0.29) is 17.8 Å². The smallest absolute Gasteiger partial charge is 0.349 e. The van der Waals surface area contributed by atoms with Gasteiger partial charge in [0, 0.05) is 26.5 Å². The van der Waals surface area contributed by atoms with Crippen molar-refractivity contribution in [1.29, 1.82) is 15.8 Å². The molecule has 4 rings (SSSR count). The van der Waals surface area contributed by atoms with Crippen molar-refractivity contribution >= 4 is 40.6 Å². The number of benzene rings is 2. The van der Waals surface area contributed by atoms with E-state index < -0.39 is 5.97 Å². The number of allylic oxidation sites excluding steroid dienone is 4. The van der Waals surface area contributed by atoms with Gasteiger partial charge in [-0.15, -0.1) is 0 Å². The zero-order chi connectivity index (χ0) is 22.0. The fourth-order valence-electron chi connectivity index (χ4n) is 3.52. The fourth-order valence-corrected chi connectivity index (χ4v) is 6.12. The van der Waals surface area contributed by atoms with E-state index in [2.05, 4.69) is 0 Å². The van der Waals surface area contributed by atoms with Gasteiger partial charge in [0.15, 0.2) is 0 Å². The Morgan fingerprint density at radius 3 is 1.94 bits per heavy atom. The molecular formula is C24H13N3O2S2. The highest BCUT2D eigenvalue weighted by Gasteiger charge is 2.37. The molecule has 0 radical (unpaired) electrons. The number of carbonyl (C=O) groups excluding carboxylic acids is 1. The first-order valence-electron chi connectivity index (χ1n) is 9.30. The summed E-state index contributed by atoms with van der Waals surface area (Å²) in [7, 11) is 0. The van der Waals surface area contributed by atoms with Crippen LogP contribution in [0, 0.1) is 34.0 Å². The molecule has 0 saturated carbocycles. The summed E-state index contributed by atoms with van der Waals surface area (Å²) in [4.78, 5) is 14.8. The lowest BCUT2D eigenvalue weighted by Gasteiger charge is -2.10. The molecule has 0 fully saturated rings. The Labute approximate surface area is 187 Å². The van der Waals surface area contributed by atoms with Gasteiger partial charge in [-0.2, -0.15) is 15.8 Å². The molecule has 148 valence electrons. The van der Waals surface area contributed by atoms with Crippen molar-refractivity contribution in [2.24, 2.45) is 0 Å². The molecule has 2 aliphatic rings. The third-order valence-electron chi connectivity index (χ3n) is 4.74. The van der Waals surface area contributed by atoms with Crippen LogP contribution in [0.15, 0.2) is 79.3 Å². The number of fused-ring (bicyclic) bond motifs is 2. The van der Waals surface area contributed by atoms with Crippen LogP contribution in [0.5, 0.6) is 0 Å². The lowest BCUT2D eigenvalue weighted by atomic mass is 9.98. The SMILES string of the molecule is CCOC(=O)/C(C#N)=C1/C(=C2Sc3ccccc3S2)C(=C(C#N)C#N)c2ccccc21. The summed E-state index contributed by atoms with van der Waals surface area (Å²) in [6, 6.07) is 21.0. The first kappa shape index (κ1) is 20.6. The van der Waals surface area contributed by atoms with Crippen LogP contribution in [0.2, 0.25) is 0 Å². The molecule has 0 N–H and O–H groups in total. The van der Waals surface area contributed by atoms with Crippen LogP contribution in [0.25, 0.3) is 11.1 Å². The summed E-state index contributed by atoms with van der Waals surface area (Å²) in [6.07, 6.45) is 0. The van der Waals surface area contributed by atoms with E-state index in [0.717, 1.165) is 14.0 Å². The van der Waals surface area contributed by atoms with Crippen molar-refractivity contribution in [1.82, 2.24) is 0 Å². The van der Waals surface area contributed by atoms with Crippen LogP contribution in [-0.2, 0) is 9.53 Å². The Kier molecular flexibility index (Phi) is 5.69. The van der Waals surface area contributed by atoms with Gasteiger partial charge >= 0.3 is 5.97 Å². The van der Waals surface area contributed by atoms with E-state index >= 15 is 0 Å². The van der Waals surface area contributed by atoms with E-state index in [1.807, 2.05) is 42.5 Å². The Bertz CT molecular complexity index is 1300. The van der Waals surface area contributed by atoms with Crippen LogP contribution < -0.4 is 0 Å². The molecule has 0 amide bonds. The van der Waals surface area contributed by atoms with Crippen molar-refractivity contribution in [3.8, 4) is 18.2 Å². The Morgan fingerprint density at radius 2 is 1.42 bits per heavy atom. The highest BCUT2D eigenvalue weighted by Crippen LogP contribution is 2.59. The second kappa shape index (κ2) is 8.58. The fraction of sp³-hybridized carbons (Fsp3) is 0.0833. The van der Waals surface area contributed by atoms with E-state index in [1.165, 1.54) is 23.5 Å². The second-order valence-electron chi connectivity index (χ2n) is 6.41. The number of carbonyl (C=O) groups is 1. The van der Waals surface area contributed by atoms with Crippen LogP contribution in [-0.4, -0.2) is 12.6 Å². The van der Waals surface area contributed by atoms with Gasteiger partial charge in [-0.1, -0.05) is 59.9 Å². The molecule has 1 heterocycles. The molecule has 2 aromatic carbocycles. The molecule has 7 heteroatoms. The van der Waals surface area contributed by atoms with E-state index in [1.54, 1.807) is 31.2 Å². The third kappa shape index (κ3) is 3.43. The highest BCUT2D eigenvalue weighted by atomic mass is 32.2. The molecule has 0 spiro atoms. The molecule has 0 bridgehead atoms. The van der Waals surface area contributed by atoms with Gasteiger partial charge in [-0.25, -0.2) is 4.79 Å². The van der Waals surface area contributed by atoms with Crippen molar-refractivity contribution in [2.45, 2.75) is 16.7 Å². The van der Waals surface area contributed by atoms with E-state index in [4.69, 9.17) is 4.74 Å². The predicted molar refractivity (Wildman–Crippen MR) is 119 cm³/mol. The van der Waals surface area contributed by atoms with Gasteiger partial charge < -0.3 is 4.74 Å². The third-order valence-corrected chi connectivity index (χ3v) is 7.30. The molecular weight excluding hydrogens is 426 g/mol. The van der Waals surface area contributed by atoms with Crippen molar-refractivity contribution in [3.63, 3.8) is 0 Å². The van der Waals surface area contributed by atoms with Crippen LogP contribution in [0.3, 0.4) is 0 Å². The minimum absolute atomic E-state index is 0.0664. The first-order valence-corrected chi connectivity index (χ1v) is 10.9. The normalized spacial score (nSPS) is 15.4. The summed E-state index contributed by atoms with van der Waals surface area (Å²) >= 11 is 2.99. The van der Waals surface area contributed by atoms with Gasteiger partial charge in [0.25, 0.3) is 0 Å². The standard InChI is InChI=1S/C24H13N3O2S2/c1-2-29-23(28)17(13-27)21-16-8-4-3-7-15(16)20(14(11-25)12-26)22(21)24-30-18-9-5-6-10-19(18)31-24/h3-10H,2H2,1H3/b21-17+. The van der Waals surface area contributed by atoms with Gasteiger partial charge in [-0.05, 0) is 30.2 Å². The minimum atomic E-state index is -0.727. The van der Waals surface area contributed by atoms with Crippen LogP contribution in [0.1, 0.15) is 18.1 Å². The van der Waals surface area contributed by atoms with Crippen molar-refractivity contribution in [2.75, 3.05) is 6.61 Å². The maximum atomic E-state index is 12.7. The van der Waals surface area contributed by atoms with Gasteiger partial charge in [0.1, 0.15) is 29.4 Å². The Balaban J connectivity index is 2.11. The molecule has 5 nitrogen and oxygen atoms in total. The Hall–Kier alpha value is -3.70. The molecule has 0 atom stereocenters. The maximum Gasteiger partial charge on any atom is 0.349 e. The molecule has 0 aromatic heterocycles. The number of nitriles is 3. The summed E-state index contributed by atoms with van der Waals surface area (Å²) in [5.74, 6) is -0.727. The largest absolute Gasteiger partial charge is 0.462 e. The number of hydrogen-bond donors (Lipinski definition) is 0. The molecule has 1 aliphatic carbocycles. The number of thioether (sulfide) groups is 2. The predicted octanol–water partition coefficient (Wildman–Crippen LogP) is 5.45. The number of rotatable bonds is 2. The molecule has 0 saturated heterocycles. The average molecular weight is 440 g/mol. The van der Waals surface area contributed by atoms with Crippen LogP contribution in [0.4, 0.5) is 0 Å². The lowest BCUT2D eigenvalue weighted by Crippen LogP contribution is -2.09. The van der Waals surface area contributed by atoms with Crippen molar-refractivity contribution < 1.29 is 9.53 Å². The minimum Gasteiger partial charge on any atom is -0.462 e. The van der Waals surface area contributed by atoms with Gasteiger partial charge in [-0.3, -0.25) is 0 Å². The number of hydrogen-bond acceptors (Lipinski definition) is 7. The summed E-state index contributed by atoms with van der Waals surface area (Å²) in [5, 5.41) is 29.3. The average Bonchev–Trinajstić information content (AvgIpc) is 3.35. The van der Waals surface area contributed by atoms with Gasteiger partial charge in [0.2, 0.25) is 0 Å². The molecule has 31 heavy (non-hydrogen) atoms. The second-order valence-corrected chi connectivity index (χ2v) is 8.78. The molecule has 1 aliphatic heterocycles. The lowest BCUT2D eigenvalue weighted by molar-refractivity contribution is -0.137. The maximum absolute atomic E-state index is 12.7. The highest BCUT2D eigenvalue weighted by molar-refractivity contribution is 8.24. The zero-order valence-electron chi connectivity index (χ0n) is 16.3. The van der Waals surface area contributed by atoms with Crippen molar-refractivity contribution in [3.05, 3.63) is 80.6 Å². The monoisotopic (exact) mass is 439 g/mol. The quantitative estimate of drug-likeness (QED) is 0.348. The Morgan fingerprint density at radius 1 is 0.871 bits per heavy atom. The number of ether oxygens (including phenoxy) is 1. The number of nitrogens with zero attached hydrogens (tertiary/aromatic N) is 3. The summed E-state index contributed by atoms with van der Waals surface area (Å²) < 4.78 is 5.95.